The maximum atomic E-state index is 14.5. The van der Waals surface area contributed by atoms with Crippen LogP contribution in [0.15, 0.2) is 42.5 Å². The molecular formula is C18H21FN2. The molecule has 1 heterocycles. The van der Waals surface area contributed by atoms with Crippen LogP contribution in [0.2, 0.25) is 0 Å². The molecule has 0 saturated carbocycles. The Hall–Kier alpha value is -1.87. The standard InChI is InChI=1S/C18H21FN2/c1-2-15(20)12-14-7-5-8-16(19)18(14)21-11-10-13-6-3-4-9-17(13)21/h3-9,15H,2,10-12,20H2,1H3. The van der Waals surface area contributed by atoms with E-state index in [0.29, 0.717) is 12.1 Å². The summed E-state index contributed by atoms with van der Waals surface area (Å²) < 4.78 is 14.5. The summed E-state index contributed by atoms with van der Waals surface area (Å²) in [5.41, 5.74) is 10.2. The summed E-state index contributed by atoms with van der Waals surface area (Å²) >= 11 is 0. The van der Waals surface area contributed by atoms with Crippen molar-refractivity contribution in [3.63, 3.8) is 0 Å². The van der Waals surface area contributed by atoms with Crippen LogP contribution in [-0.2, 0) is 12.8 Å². The Labute approximate surface area is 125 Å². The van der Waals surface area contributed by atoms with Crippen molar-refractivity contribution in [3.05, 3.63) is 59.4 Å². The average molecular weight is 284 g/mol. The molecular weight excluding hydrogens is 263 g/mol. The molecule has 2 nitrogen and oxygen atoms in total. The second-order valence-electron chi connectivity index (χ2n) is 5.65. The Balaban J connectivity index is 2.03. The van der Waals surface area contributed by atoms with Gasteiger partial charge in [0.05, 0.1) is 5.69 Å². The zero-order valence-electron chi connectivity index (χ0n) is 12.3. The monoisotopic (exact) mass is 284 g/mol. The molecule has 2 aromatic carbocycles. The third kappa shape index (κ3) is 2.66. The molecule has 21 heavy (non-hydrogen) atoms. The molecule has 0 spiro atoms. The first-order valence-electron chi connectivity index (χ1n) is 7.59. The first-order chi connectivity index (χ1) is 10.2. The fourth-order valence-corrected chi connectivity index (χ4v) is 3.02. The molecule has 1 atom stereocenters. The molecule has 0 bridgehead atoms. The Morgan fingerprint density at radius 3 is 2.81 bits per heavy atom. The van der Waals surface area contributed by atoms with E-state index in [1.807, 2.05) is 18.2 Å². The van der Waals surface area contributed by atoms with Gasteiger partial charge >= 0.3 is 0 Å². The van der Waals surface area contributed by atoms with Crippen LogP contribution < -0.4 is 10.6 Å². The number of benzene rings is 2. The Kier molecular flexibility index (Phi) is 3.93. The molecule has 2 aromatic rings. The summed E-state index contributed by atoms with van der Waals surface area (Å²) in [6, 6.07) is 13.6. The summed E-state index contributed by atoms with van der Waals surface area (Å²) in [4.78, 5) is 2.10. The normalized spacial score (nSPS) is 15.1. The second-order valence-corrected chi connectivity index (χ2v) is 5.65. The minimum Gasteiger partial charge on any atom is -0.338 e. The first kappa shape index (κ1) is 14.1. The first-order valence-corrected chi connectivity index (χ1v) is 7.59. The molecule has 0 radical (unpaired) electrons. The number of halogens is 1. The van der Waals surface area contributed by atoms with Crippen molar-refractivity contribution in [2.24, 2.45) is 5.73 Å². The second kappa shape index (κ2) is 5.86. The van der Waals surface area contributed by atoms with Crippen LogP contribution in [-0.4, -0.2) is 12.6 Å². The predicted molar refractivity (Wildman–Crippen MR) is 85.5 cm³/mol. The van der Waals surface area contributed by atoms with Gasteiger partial charge in [-0.2, -0.15) is 0 Å². The van der Waals surface area contributed by atoms with E-state index in [1.54, 1.807) is 6.07 Å². The summed E-state index contributed by atoms with van der Waals surface area (Å²) in [5, 5.41) is 0. The lowest BCUT2D eigenvalue weighted by atomic mass is 10.0. The van der Waals surface area contributed by atoms with Crippen LogP contribution >= 0.6 is 0 Å². The van der Waals surface area contributed by atoms with Crippen LogP contribution in [0.5, 0.6) is 0 Å². The van der Waals surface area contributed by atoms with Crippen LogP contribution in [0.4, 0.5) is 15.8 Å². The van der Waals surface area contributed by atoms with E-state index in [1.165, 1.54) is 11.6 Å². The topological polar surface area (TPSA) is 29.3 Å². The number of para-hydroxylation sites is 2. The maximum absolute atomic E-state index is 14.5. The summed E-state index contributed by atoms with van der Waals surface area (Å²) in [7, 11) is 0. The molecule has 0 saturated heterocycles. The lowest BCUT2D eigenvalue weighted by Crippen LogP contribution is -2.24. The Morgan fingerprint density at radius 1 is 1.19 bits per heavy atom. The van der Waals surface area contributed by atoms with Crippen LogP contribution in [0.25, 0.3) is 0 Å². The SMILES string of the molecule is CCC(N)Cc1cccc(F)c1N1CCc2ccccc21. The van der Waals surface area contributed by atoms with Gasteiger partial charge in [0.2, 0.25) is 0 Å². The van der Waals surface area contributed by atoms with Crippen LogP contribution in [0.3, 0.4) is 0 Å². The van der Waals surface area contributed by atoms with E-state index in [2.05, 4.69) is 24.0 Å². The number of anilines is 2. The van der Waals surface area contributed by atoms with Gasteiger partial charge in [0.1, 0.15) is 5.82 Å². The van der Waals surface area contributed by atoms with Gasteiger partial charge in [0.25, 0.3) is 0 Å². The number of nitrogens with two attached hydrogens (primary N) is 1. The third-order valence-corrected chi connectivity index (χ3v) is 4.23. The quantitative estimate of drug-likeness (QED) is 0.925. The molecule has 0 aromatic heterocycles. The number of hydrogen-bond donors (Lipinski definition) is 1. The molecule has 0 aliphatic carbocycles. The van der Waals surface area contributed by atoms with E-state index >= 15 is 0 Å². The van der Waals surface area contributed by atoms with Crippen LogP contribution in [0, 0.1) is 5.82 Å². The highest BCUT2D eigenvalue weighted by molar-refractivity contribution is 5.72. The van der Waals surface area contributed by atoms with Crippen LogP contribution in [0.1, 0.15) is 24.5 Å². The average Bonchev–Trinajstić information content (AvgIpc) is 2.91. The van der Waals surface area contributed by atoms with Crippen molar-refractivity contribution in [3.8, 4) is 0 Å². The fourth-order valence-electron chi connectivity index (χ4n) is 3.02. The Morgan fingerprint density at radius 2 is 2.00 bits per heavy atom. The van der Waals surface area contributed by atoms with Gasteiger partial charge in [0.15, 0.2) is 0 Å². The van der Waals surface area contributed by atoms with Gasteiger partial charge in [0, 0.05) is 18.3 Å². The molecule has 0 fully saturated rings. The predicted octanol–water partition coefficient (Wildman–Crippen LogP) is 3.80. The maximum Gasteiger partial charge on any atom is 0.147 e. The Bertz CT molecular complexity index is 639. The zero-order valence-corrected chi connectivity index (χ0v) is 12.3. The molecule has 1 aliphatic heterocycles. The van der Waals surface area contributed by atoms with E-state index in [4.69, 9.17) is 5.73 Å². The molecule has 3 heteroatoms. The van der Waals surface area contributed by atoms with Gasteiger partial charge in [-0.1, -0.05) is 37.3 Å². The molecule has 1 aliphatic rings. The lowest BCUT2D eigenvalue weighted by molar-refractivity contribution is 0.613. The van der Waals surface area contributed by atoms with Gasteiger partial charge in [-0.3, -0.25) is 0 Å². The van der Waals surface area contributed by atoms with E-state index in [9.17, 15) is 4.39 Å². The van der Waals surface area contributed by atoms with Gasteiger partial charge in [-0.15, -0.1) is 0 Å². The van der Waals surface area contributed by atoms with Crippen molar-refractivity contribution in [2.75, 3.05) is 11.4 Å². The number of nitrogens with zero attached hydrogens (tertiary/aromatic N) is 1. The summed E-state index contributed by atoms with van der Waals surface area (Å²) in [5.74, 6) is -0.160. The van der Waals surface area contributed by atoms with E-state index in [-0.39, 0.29) is 11.9 Å². The highest BCUT2D eigenvalue weighted by Gasteiger charge is 2.24. The van der Waals surface area contributed by atoms with Crippen molar-refractivity contribution >= 4 is 11.4 Å². The van der Waals surface area contributed by atoms with Gasteiger partial charge in [-0.05, 0) is 42.5 Å². The summed E-state index contributed by atoms with van der Waals surface area (Å²) in [6.45, 7) is 2.89. The molecule has 0 amide bonds. The zero-order chi connectivity index (χ0) is 14.8. The van der Waals surface area contributed by atoms with Gasteiger partial charge in [-0.25, -0.2) is 4.39 Å². The number of rotatable bonds is 4. The van der Waals surface area contributed by atoms with Crippen molar-refractivity contribution in [2.45, 2.75) is 32.2 Å². The fraction of sp³-hybridized carbons (Fsp3) is 0.333. The van der Waals surface area contributed by atoms with E-state index in [0.717, 1.165) is 30.6 Å². The molecule has 3 rings (SSSR count). The largest absolute Gasteiger partial charge is 0.338 e. The number of hydrogen-bond acceptors (Lipinski definition) is 2. The molecule has 110 valence electrons. The highest BCUT2D eigenvalue weighted by Crippen LogP contribution is 2.38. The van der Waals surface area contributed by atoms with Crippen molar-refractivity contribution in [1.82, 2.24) is 0 Å². The summed E-state index contributed by atoms with van der Waals surface area (Å²) in [6.07, 6.45) is 2.57. The van der Waals surface area contributed by atoms with E-state index < -0.39 is 0 Å². The minimum atomic E-state index is -0.160. The molecule has 1 unspecified atom stereocenters. The van der Waals surface area contributed by atoms with Crippen molar-refractivity contribution < 1.29 is 4.39 Å². The smallest absolute Gasteiger partial charge is 0.147 e. The van der Waals surface area contributed by atoms with Crippen molar-refractivity contribution in [1.29, 1.82) is 0 Å². The minimum absolute atomic E-state index is 0.0726. The molecule has 2 N–H and O–H groups in total. The highest BCUT2D eigenvalue weighted by atomic mass is 19.1. The number of fused-ring (bicyclic) bond motifs is 1. The lowest BCUT2D eigenvalue weighted by Gasteiger charge is -2.24. The third-order valence-electron chi connectivity index (χ3n) is 4.23. The van der Waals surface area contributed by atoms with Gasteiger partial charge < -0.3 is 10.6 Å².